The van der Waals surface area contributed by atoms with Crippen molar-refractivity contribution in [2.75, 3.05) is 11.9 Å². The molecule has 2 rings (SSSR count). The van der Waals surface area contributed by atoms with Gasteiger partial charge in [-0.1, -0.05) is 0 Å². The highest BCUT2D eigenvalue weighted by atomic mass is 16.5. The van der Waals surface area contributed by atoms with Crippen LogP contribution in [0.4, 0.5) is 5.82 Å². The highest BCUT2D eigenvalue weighted by Crippen LogP contribution is 2.16. The lowest BCUT2D eigenvalue weighted by Crippen LogP contribution is -2.03. The number of nitrogens with one attached hydrogen (secondary N) is 1. The molecule has 2 aromatic rings. The first-order valence-corrected chi connectivity index (χ1v) is 6.11. The van der Waals surface area contributed by atoms with Gasteiger partial charge in [0, 0.05) is 0 Å². The molecular weight excluding hydrogens is 262 g/mol. The van der Waals surface area contributed by atoms with E-state index in [1.807, 2.05) is 6.92 Å². The van der Waals surface area contributed by atoms with Crippen LogP contribution in [0.1, 0.15) is 28.8 Å². The van der Waals surface area contributed by atoms with Crippen LogP contribution in [0.3, 0.4) is 0 Å². The van der Waals surface area contributed by atoms with Crippen molar-refractivity contribution in [3.8, 4) is 5.88 Å². The van der Waals surface area contributed by atoms with E-state index in [1.165, 1.54) is 12.3 Å². The van der Waals surface area contributed by atoms with E-state index in [2.05, 4.69) is 15.3 Å². The third-order valence-corrected chi connectivity index (χ3v) is 2.55. The summed E-state index contributed by atoms with van der Waals surface area (Å²) in [7, 11) is 0. The fraction of sp³-hybridized carbons (Fsp3) is 0.308. The number of rotatable bonds is 6. The Morgan fingerprint density at radius 2 is 2.30 bits per heavy atom. The smallest absolute Gasteiger partial charge is 0.339 e. The summed E-state index contributed by atoms with van der Waals surface area (Å²) in [6.45, 7) is 4.30. The number of furan rings is 1. The highest BCUT2D eigenvalue weighted by Gasteiger charge is 2.13. The van der Waals surface area contributed by atoms with Crippen LogP contribution in [-0.4, -0.2) is 27.7 Å². The van der Waals surface area contributed by atoms with E-state index in [-0.39, 0.29) is 5.56 Å². The second kappa shape index (κ2) is 6.05. The van der Waals surface area contributed by atoms with E-state index < -0.39 is 5.97 Å². The maximum Gasteiger partial charge on any atom is 0.339 e. The molecular formula is C13H15N3O4. The Hall–Kier alpha value is -2.57. The first-order chi connectivity index (χ1) is 9.60. The zero-order valence-electron chi connectivity index (χ0n) is 11.2. The third kappa shape index (κ3) is 3.25. The van der Waals surface area contributed by atoms with Crippen molar-refractivity contribution >= 4 is 11.8 Å². The molecule has 0 atom stereocenters. The number of carboxylic acids is 1. The van der Waals surface area contributed by atoms with E-state index in [9.17, 15) is 4.79 Å². The molecule has 0 fully saturated rings. The van der Waals surface area contributed by atoms with Gasteiger partial charge in [-0.2, -0.15) is 4.98 Å². The van der Waals surface area contributed by atoms with E-state index in [4.69, 9.17) is 14.3 Å². The van der Waals surface area contributed by atoms with Gasteiger partial charge in [0.25, 0.3) is 0 Å². The molecule has 0 saturated carbocycles. The number of carboxylic acid groups (broad SMARTS) is 1. The first-order valence-electron chi connectivity index (χ1n) is 6.11. The maximum absolute atomic E-state index is 10.9. The molecule has 0 amide bonds. The van der Waals surface area contributed by atoms with Crippen LogP contribution in [0.25, 0.3) is 0 Å². The molecule has 2 aromatic heterocycles. The Bertz CT molecular complexity index is 609. The number of anilines is 1. The molecule has 0 aromatic carbocycles. The minimum atomic E-state index is -1.00. The van der Waals surface area contributed by atoms with Crippen LogP contribution in [0.5, 0.6) is 5.88 Å². The Balaban J connectivity index is 2.03. The first kappa shape index (κ1) is 13.9. The van der Waals surface area contributed by atoms with Gasteiger partial charge in [-0.3, -0.25) is 4.98 Å². The van der Waals surface area contributed by atoms with Gasteiger partial charge in [0.1, 0.15) is 22.9 Å². The fourth-order valence-corrected chi connectivity index (χ4v) is 1.67. The average Bonchev–Trinajstić information content (AvgIpc) is 2.79. The van der Waals surface area contributed by atoms with E-state index in [0.29, 0.717) is 36.4 Å². The van der Waals surface area contributed by atoms with Gasteiger partial charge in [-0.15, -0.1) is 0 Å². The normalized spacial score (nSPS) is 10.3. The molecule has 0 saturated heterocycles. The average molecular weight is 277 g/mol. The quantitative estimate of drug-likeness (QED) is 0.834. The molecule has 0 aliphatic carbocycles. The molecule has 0 aliphatic rings. The lowest BCUT2D eigenvalue weighted by Gasteiger charge is -2.05. The minimum Gasteiger partial charge on any atom is -0.478 e. The summed E-state index contributed by atoms with van der Waals surface area (Å²) >= 11 is 0. The van der Waals surface area contributed by atoms with Crippen molar-refractivity contribution in [2.24, 2.45) is 0 Å². The number of aromatic nitrogens is 2. The van der Waals surface area contributed by atoms with Gasteiger partial charge in [-0.05, 0) is 19.9 Å². The lowest BCUT2D eigenvalue weighted by molar-refractivity contribution is 0.0695. The number of hydrogen-bond acceptors (Lipinski definition) is 6. The fourth-order valence-electron chi connectivity index (χ4n) is 1.67. The van der Waals surface area contributed by atoms with Crippen molar-refractivity contribution in [3.05, 3.63) is 35.5 Å². The van der Waals surface area contributed by atoms with E-state index in [0.717, 1.165) is 0 Å². The van der Waals surface area contributed by atoms with Crippen LogP contribution < -0.4 is 10.1 Å². The van der Waals surface area contributed by atoms with Gasteiger partial charge >= 0.3 is 5.97 Å². The Labute approximate surface area is 115 Å². The van der Waals surface area contributed by atoms with E-state index >= 15 is 0 Å². The summed E-state index contributed by atoms with van der Waals surface area (Å²) in [6, 6.07) is 1.49. The zero-order chi connectivity index (χ0) is 14.5. The molecule has 0 bridgehead atoms. The second-order valence-electron chi connectivity index (χ2n) is 4.02. The largest absolute Gasteiger partial charge is 0.478 e. The molecule has 7 heteroatoms. The Morgan fingerprint density at radius 1 is 1.50 bits per heavy atom. The SMILES string of the molecule is CCOc1cncc(NCc2cc(C(=O)O)c(C)o2)n1. The predicted octanol–water partition coefficient (Wildman–Crippen LogP) is 2.09. The Morgan fingerprint density at radius 3 is 2.95 bits per heavy atom. The molecule has 20 heavy (non-hydrogen) atoms. The third-order valence-electron chi connectivity index (χ3n) is 2.55. The van der Waals surface area contributed by atoms with E-state index in [1.54, 1.807) is 13.1 Å². The topological polar surface area (TPSA) is 97.5 Å². The molecule has 106 valence electrons. The number of carbonyl (C=O) groups is 1. The van der Waals surface area contributed by atoms with Crippen molar-refractivity contribution in [1.29, 1.82) is 0 Å². The van der Waals surface area contributed by atoms with Crippen LogP contribution in [0.2, 0.25) is 0 Å². The molecule has 0 unspecified atom stereocenters. The van der Waals surface area contributed by atoms with Crippen LogP contribution >= 0.6 is 0 Å². The monoisotopic (exact) mass is 277 g/mol. The van der Waals surface area contributed by atoms with Crippen molar-refractivity contribution in [2.45, 2.75) is 20.4 Å². The number of hydrogen-bond donors (Lipinski definition) is 2. The van der Waals surface area contributed by atoms with Gasteiger partial charge in [0.05, 0.1) is 25.5 Å². The summed E-state index contributed by atoms with van der Waals surface area (Å²) in [5.41, 5.74) is 0.163. The second-order valence-corrected chi connectivity index (χ2v) is 4.02. The standard InChI is InChI=1S/C13H15N3O4/c1-3-19-12-7-14-6-11(16-12)15-5-9-4-10(13(17)18)8(2)20-9/h4,6-7H,3,5H2,1-2H3,(H,15,16)(H,17,18). The van der Waals surface area contributed by atoms with Crippen molar-refractivity contribution < 1.29 is 19.1 Å². The molecule has 7 nitrogen and oxygen atoms in total. The highest BCUT2D eigenvalue weighted by molar-refractivity contribution is 5.88. The molecule has 2 heterocycles. The van der Waals surface area contributed by atoms with Crippen molar-refractivity contribution in [1.82, 2.24) is 9.97 Å². The van der Waals surface area contributed by atoms with Crippen LogP contribution in [0, 0.1) is 6.92 Å². The molecule has 2 N–H and O–H groups in total. The van der Waals surface area contributed by atoms with Crippen LogP contribution in [-0.2, 0) is 6.54 Å². The van der Waals surface area contributed by atoms with Gasteiger partial charge in [0.15, 0.2) is 0 Å². The van der Waals surface area contributed by atoms with Gasteiger partial charge < -0.3 is 19.6 Å². The van der Waals surface area contributed by atoms with Crippen LogP contribution in [0.15, 0.2) is 22.9 Å². The number of aryl methyl sites for hydroxylation is 1. The summed E-state index contributed by atoms with van der Waals surface area (Å²) in [6.07, 6.45) is 3.07. The number of ether oxygens (including phenoxy) is 1. The molecule has 0 aliphatic heterocycles. The predicted molar refractivity (Wildman–Crippen MR) is 70.9 cm³/mol. The summed E-state index contributed by atoms with van der Waals surface area (Å²) in [5.74, 6) is 0.851. The molecule has 0 spiro atoms. The maximum atomic E-state index is 10.9. The summed E-state index contributed by atoms with van der Waals surface area (Å²) in [4.78, 5) is 19.1. The van der Waals surface area contributed by atoms with Gasteiger partial charge in [0.2, 0.25) is 5.88 Å². The molecule has 0 radical (unpaired) electrons. The summed E-state index contributed by atoms with van der Waals surface area (Å²) in [5, 5.41) is 11.9. The lowest BCUT2D eigenvalue weighted by atomic mass is 10.2. The number of nitrogens with zero attached hydrogens (tertiary/aromatic N) is 2. The summed E-state index contributed by atoms with van der Waals surface area (Å²) < 4.78 is 10.6. The Kier molecular flexibility index (Phi) is 4.19. The number of aromatic carboxylic acids is 1. The zero-order valence-corrected chi connectivity index (χ0v) is 11.2. The minimum absolute atomic E-state index is 0.163. The van der Waals surface area contributed by atoms with Crippen molar-refractivity contribution in [3.63, 3.8) is 0 Å². The van der Waals surface area contributed by atoms with Gasteiger partial charge in [-0.25, -0.2) is 4.79 Å².